The quantitative estimate of drug-likeness (QED) is 0.621. The fourth-order valence-electron chi connectivity index (χ4n) is 2.66. The number of ether oxygens (including phenoxy) is 2. The van der Waals surface area contributed by atoms with E-state index in [4.69, 9.17) is 9.47 Å². The van der Waals surface area contributed by atoms with Crippen LogP contribution >= 0.6 is 0 Å². The van der Waals surface area contributed by atoms with Crippen molar-refractivity contribution in [3.8, 4) is 17.2 Å². The van der Waals surface area contributed by atoms with Crippen molar-refractivity contribution in [2.45, 2.75) is 12.8 Å². The van der Waals surface area contributed by atoms with Crippen molar-refractivity contribution >= 4 is 5.78 Å². The Hall–Kier alpha value is -3.07. The lowest BCUT2D eigenvalue weighted by Gasteiger charge is -2.11. The standard InChI is InChI=1S/C22H20O3/c1-24-22-16-21(25-20-10-6-3-7-11-20)13-12-18(22)15-19(23)14-17-8-4-2-5-9-17/h2-13,16H,14-15H2,1H3. The normalized spacial score (nSPS) is 10.3. The van der Waals surface area contributed by atoms with Crippen molar-refractivity contribution in [2.75, 3.05) is 7.11 Å². The molecule has 3 nitrogen and oxygen atoms in total. The summed E-state index contributed by atoms with van der Waals surface area (Å²) in [5.41, 5.74) is 1.89. The number of carbonyl (C=O) groups is 1. The first kappa shape index (κ1) is 16.8. The van der Waals surface area contributed by atoms with Gasteiger partial charge in [-0.3, -0.25) is 4.79 Å². The SMILES string of the molecule is COc1cc(Oc2ccccc2)ccc1CC(=O)Cc1ccccc1. The average Bonchev–Trinajstić information content (AvgIpc) is 2.64. The van der Waals surface area contributed by atoms with Gasteiger partial charge in [-0.05, 0) is 23.8 Å². The lowest BCUT2D eigenvalue weighted by atomic mass is 10.0. The Morgan fingerprint density at radius 2 is 1.48 bits per heavy atom. The van der Waals surface area contributed by atoms with E-state index in [1.165, 1.54) is 0 Å². The van der Waals surface area contributed by atoms with Crippen LogP contribution in [0.15, 0.2) is 78.9 Å². The average molecular weight is 332 g/mol. The van der Waals surface area contributed by atoms with Gasteiger partial charge in [0.25, 0.3) is 0 Å². The molecular formula is C22H20O3. The summed E-state index contributed by atoms with van der Waals surface area (Å²) in [5.74, 6) is 2.26. The first-order valence-corrected chi connectivity index (χ1v) is 8.20. The summed E-state index contributed by atoms with van der Waals surface area (Å²) < 4.78 is 11.3. The zero-order valence-corrected chi connectivity index (χ0v) is 14.1. The third-order valence-corrected chi connectivity index (χ3v) is 3.87. The number of carbonyl (C=O) groups excluding carboxylic acids is 1. The van der Waals surface area contributed by atoms with Gasteiger partial charge < -0.3 is 9.47 Å². The van der Waals surface area contributed by atoms with Gasteiger partial charge >= 0.3 is 0 Å². The Morgan fingerprint density at radius 1 is 0.800 bits per heavy atom. The maximum Gasteiger partial charge on any atom is 0.141 e. The van der Waals surface area contributed by atoms with Crippen LogP contribution in [0.2, 0.25) is 0 Å². The minimum absolute atomic E-state index is 0.154. The molecule has 0 radical (unpaired) electrons. The predicted molar refractivity (Wildman–Crippen MR) is 98.4 cm³/mol. The second-order valence-corrected chi connectivity index (χ2v) is 5.77. The molecule has 3 heteroatoms. The van der Waals surface area contributed by atoms with Gasteiger partial charge in [0.1, 0.15) is 23.0 Å². The second kappa shape index (κ2) is 8.15. The minimum atomic E-state index is 0.154. The van der Waals surface area contributed by atoms with Gasteiger partial charge in [-0.25, -0.2) is 0 Å². The van der Waals surface area contributed by atoms with E-state index >= 15 is 0 Å². The van der Waals surface area contributed by atoms with Crippen LogP contribution in [0.4, 0.5) is 0 Å². The summed E-state index contributed by atoms with van der Waals surface area (Å²) in [6.45, 7) is 0. The largest absolute Gasteiger partial charge is 0.496 e. The van der Waals surface area contributed by atoms with Gasteiger partial charge in [0.05, 0.1) is 7.11 Å². The van der Waals surface area contributed by atoms with Crippen molar-refractivity contribution in [1.82, 2.24) is 0 Å². The summed E-state index contributed by atoms with van der Waals surface area (Å²) in [6.07, 6.45) is 0.760. The highest BCUT2D eigenvalue weighted by atomic mass is 16.5. The van der Waals surface area contributed by atoms with Gasteiger partial charge in [0.2, 0.25) is 0 Å². The Morgan fingerprint density at radius 3 is 2.16 bits per heavy atom. The van der Waals surface area contributed by atoms with Crippen LogP contribution in [-0.4, -0.2) is 12.9 Å². The number of Topliss-reactive ketones (excluding diaryl/α,β-unsaturated/α-hetero) is 1. The Kier molecular flexibility index (Phi) is 5.47. The highest BCUT2D eigenvalue weighted by molar-refractivity contribution is 5.83. The lowest BCUT2D eigenvalue weighted by Crippen LogP contribution is -2.07. The van der Waals surface area contributed by atoms with Crippen LogP contribution in [0.3, 0.4) is 0 Å². The number of hydrogen-bond donors (Lipinski definition) is 0. The van der Waals surface area contributed by atoms with E-state index in [0.717, 1.165) is 16.9 Å². The number of hydrogen-bond acceptors (Lipinski definition) is 3. The minimum Gasteiger partial charge on any atom is -0.496 e. The molecule has 3 aromatic carbocycles. The van der Waals surface area contributed by atoms with Gasteiger partial charge in [0.15, 0.2) is 0 Å². The topological polar surface area (TPSA) is 35.5 Å². The number of rotatable bonds is 7. The van der Waals surface area contributed by atoms with Crippen LogP contribution in [0, 0.1) is 0 Å². The first-order chi connectivity index (χ1) is 12.2. The van der Waals surface area contributed by atoms with Crippen LogP contribution in [-0.2, 0) is 17.6 Å². The number of ketones is 1. The van der Waals surface area contributed by atoms with Crippen molar-refractivity contribution in [3.63, 3.8) is 0 Å². The fraction of sp³-hybridized carbons (Fsp3) is 0.136. The Bertz CT molecular complexity index is 826. The molecule has 0 heterocycles. The maximum absolute atomic E-state index is 12.3. The molecule has 3 rings (SSSR count). The number of methoxy groups -OCH3 is 1. The molecule has 0 N–H and O–H groups in total. The third kappa shape index (κ3) is 4.70. The Balaban J connectivity index is 1.70. The molecule has 0 unspecified atom stereocenters. The third-order valence-electron chi connectivity index (χ3n) is 3.87. The molecule has 126 valence electrons. The maximum atomic E-state index is 12.3. The monoisotopic (exact) mass is 332 g/mol. The molecular weight excluding hydrogens is 312 g/mol. The molecule has 3 aromatic rings. The molecule has 0 spiro atoms. The van der Waals surface area contributed by atoms with Crippen LogP contribution in [0.5, 0.6) is 17.2 Å². The van der Waals surface area contributed by atoms with Gasteiger partial charge in [0, 0.05) is 24.5 Å². The van der Waals surface area contributed by atoms with Crippen LogP contribution in [0.1, 0.15) is 11.1 Å². The van der Waals surface area contributed by atoms with Crippen molar-refractivity contribution < 1.29 is 14.3 Å². The molecule has 25 heavy (non-hydrogen) atoms. The predicted octanol–water partition coefficient (Wildman–Crippen LogP) is 4.84. The van der Waals surface area contributed by atoms with Gasteiger partial charge in [-0.15, -0.1) is 0 Å². The van der Waals surface area contributed by atoms with Crippen LogP contribution in [0.25, 0.3) is 0 Å². The number of benzene rings is 3. The molecule has 0 saturated heterocycles. The van der Waals surface area contributed by atoms with E-state index in [1.54, 1.807) is 7.11 Å². The molecule has 0 saturated carbocycles. The van der Waals surface area contributed by atoms with Crippen molar-refractivity contribution in [2.24, 2.45) is 0 Å². The van der Waals surface area contributed by atoms with E-state index in [-0.39, 0.29) is 5.78 Å². The van der Waals surface area contributed by atoms with E-state index < -0.39 is 0 Å². The zero-order chi connectivity index (χ0) is 17.5. The molecule has 0 bridgehead atoms. The molecule has 0 fully saturated rings. The van der Waals surface area contributed by atoms with Crippen LogP contribution < -0.4 is 9.47 Å². The lowest BCUT2D eigenvalue weighted by molar-refractivity contribution is -0.117. The van der Waals surface area contributed by atoms with E-state index in [2.05, 4.69) is 0 Å². The molecule has 0 aliphatic heterocycles. The summed E-state index contributed by atoms with van der Waals surface area (Å²) in [5, 5.41) is 0. The summed E-state index contributed by atoms with van der Waals surface area (Å²) in [6, 6.07) is 24.9. The molecule has 0 aliphatic carbocycles. The Labute approximate surface area is 147 Å². The smallest absolute Gasteiger partial charge is 0.141 e. The van der Waals surface area contributed by atoms with E-state index in [1.807, 2.05) is 78.9 Å². The molecule has 0 aliphatic rings. The molecule has 0 aromatic heterocycles. The van der Waals surface area contributed by atoms with Crippen molar-refractivity contribution in [3.05, 3.63) is 90.0 Å². The highest BCUT2D eigenvalue weighted by Gasteiger charge is 2.11. The van der Waals surface area contributed by atoms with Gasteiger partial charge in [-0.1, -0.05) is 54.6 Å². The van der Waals surface area contributed by atoms with E-state index in [9.17, 15) is 4.79 Å². The summed E-state index contributed by atoms with van der Waals surface area (Å²) in [7, 11) is 1.60. The summed E-state index contributed by atoms with van der Waals surface area (Å²) >= 11 is 0. The van der Waals surface area contributed by atoms with E-state index in [0.29, 0.717) is 24.3 Å². The van der Waals surface area contributed by atoms with Gasteiger partial charge in [-0.2, -0.15) is 0 Å². The zero-order valence-electron chi connectivity index (χ0n) is 14.1. The highest BCUT2D eigenvalue weighted by Crippen LogP contribution is 2.29. The molecule has 0 atom stereocenters. The van der Waals surface area contributed by atoms with Crippen molar-refractivity contribution in [1.29, 1.82) is 0 Å². The summed E-state index contributed by atoms with van der Waals surface area (Å²) in [4.78, 5) is 12.3. The first-order valence-electron chi connectivity index (χ1n) is 8.20. The fourth-order valence-corrected chi connectivity index (χ4v) is 2.66. The second-order valence-electron chi connectivity index (χ2n) is 5.77. The molecule has 0 amide bonds. The number of para-hydroxylation sites is 1.